The normalized spacial score (nSPS) is 11.1. The smallest absolute Gasteiger partial charge is 0.379 e. The Bertz CT molecular complexity index is 2380. The van der Waals surface area contributed by atoms with Gasteiger partial charge in [-0.15, -0.1) is 0 Å². The highest BCUT2D eigenvalue weighted by molar-refractivity contribution is 5.95. The van der Waals surface area contributed by atoms with Crippen LogP contribution in [0.2, 0.25) is 0 Å². The molecular weight excluding hydrogens is 691 g/mol. The van der Waals surface area contributed by atoms with Crippen LogP contribution in [0.4, 0.5) is 0 Å². The molecule has 0 amide bonds. The molecule has 3 heterocycles. The highest BCUT2D eigenvalue weighted by Crippen LogP contribution is 2.33. The predicted octanol–water partition coefficient (Wildman–Crippen LogP) is 10.6. The third kappa shape index (κ3) is 9.71. The van der Waals surface area contributed by atoms with E-state index in [1.165, 1.54) is 100 Å². The van der Waals surface area contributed by atoms with Gasteiger partial charge in [-0.25, -0.2) is 0 Å². The molecule has 0 saturated heterocycles. The first kappa shape index (κ1) is 43.7. The van der Waals surface area contributed by atoms with Crippen LogP contribution in [0.3, 0.4) is 0 Å². The van der Waals surface area contributed by atoms with E-state index in [4.69, 9.17) is 5.73 Å². The molecule has 5 N–H and O–H groups in total. The molecule has 6 rings (SSSR count). The Labute approximate surface area is 328 Å². The average Bonchev–Trinajstić information content (AvgIpc) is 3.91. The van der Waals surface area contributed by atoms with Crippen molar-refractivity contribution in [1.29, 1.82) is 0 Å². The van der Waals surface area contributed by atoms with Crippen molar-refractivity contribution >= 4 is 38.8 Å². The molecule has 6 aromatic rings. The van der Waals surface area contributed by atoms with Gasteiger partial charge in [0, 0.05) is 78.5 Å². The third-order valence-corrected chi connectivity index (χ3v) is 11.2. The van der Waals surface area contributed by atoms with E-state index in [1.54, 1.807) is 25.1 Å². The minimum absolute atomic E-state index is 0. The second-order valence-corrected chi connectivity index (χ2v) is 14.5. The van der Waals surface area contributed by atoms with Crippen molar-refractivity contribution in [2.75, 3.05) is 20.6 Å². The summed E-state index contributed by atoms with van der Waals surface area (Å²) < 4.78 is 0. The number of nitrogens with one attached hydrogen (secondary N) is 3. The summed E-state index contributed by atoms with van der Waals surface area (Å²) in [5.74, 6) is 0. The zero-order valence-electron chi connectivity index (χ0n) is 36.1. The fourth-order valence-corrected chi connectivity index (χ4v) is 6.96. The van der Waals surface area contributed by atoms with Crippen LogP contribution in [-0.4, -0.2) is 50.3 Å². The number of fused-ring (bicyclic) bond motifs is 3. The molecule has 0 aliphatic rings. The first-order valence-corrected chi connectivity index (χ1v) is 18.4. The number of nitro groups is 2. The Hall–Kier alpha value is -5.68. The van der Waals surface area contributed by atoms with Gasteiger partial charge >= 0.3 is 1.43 Å². The number of H-pyrrole nitrogens is 3. The van der Waals surface area contributed by atoms with Crippen molar-refractivity contribution in [3.63, 3.8) is 0 Å². The van der Waals surface area contributed by atoms with Crippen LogP contribution < -0.4 is 5.73 Å². The van der Waals surface area contributed by atoms with E-state index in [9.17, 15) is 20.2 Å². The van der Waals surface area contributed by atoms with Crippen molar-refractivity contribution in [3.05, 3.63) is 141 Å². The van der Waals surface area contributed by atoms with Crippen molar-refractivity contribution < 1.29 is 12.7 Å². The number of nitrogens with zero attached hydrogens (tertiary/aromatic N) is 3. The van der Waals surface area contributed by atoms with Crippen LogP contribution in [0.25, 0.3) is 38.8 Å². The van der Waals surface area contributed by atoms with Gasteiger partial charge in [0.15, 0.2) is 0 Å². The SMILES string of the molecule is CN(C)/C=C/[N+](=O)[O-].Cc1c(C)c(C)c2[nH]ccc2c1C.Cc1c(C)c(C)c2c(/C=C/[N+](=O)[O-])c[nH]c2c1C.Cc1c(C)c(C)c2c(CCN)c[nH]c2c1C.[H+].[HH]. The number of aromatic nitrogens is 3. The molecule has 0 fully saturated rings. The van der Waals surface area contributed by atoms with E-state index in [-0.39, 0.29) is 2.85 Å². The zero-order valence-corrected chi connectivity index (χ0v) is 35.1. The average molecular weight is 753 g/mol. The largest absolute Gasteiger partial charge is 1.00 e. The van der Waals surface area contributed by atoms with Crippen molar-refractivity contribution in [2.45, 2.75) is 89.5 Å². The summed E-state index contributed by atoms with van der Waals surface area (Å²) in [6.45, 7) is 26.6. The van der Waals surface area contributed by atoms with Crippen LogP contribution in [0, 0.1) is 103 Å². The Morgan fingerprint density at radius 2 is 1.09 bits per heavy atom. The third-order valence-electron chi connectivity index (χ3n) is 11.2. The molecule has 0 spiro atoms. The van der Waals surface area contributed by atoms with Gasteiger partial charge in [-0.2, -0.15) is 0 Å². The summed E-state index contributed by atoms with van der Waals surface area (Å²) in [5.41, 5.74) is 27.6. The quantitative estimate of drug-likeness (QED) is 0.0977. The molecular formula is C44H62N7O4+. The minimum atomic E-state index is -0.500. The van der Waals surface area contributed by atoms with Gasteiger partial charge in [-0.1, -0.05) is 0 Å². The van der Waals surface area contributed by atoms with Crippen molar-refractivity contribution in [2.24, 2.45) is 5.73 Å². The predicted molar refractivity (Wildman–Crippen MR) is 234 cm³/mol. The van der Waals surface area contributed by atoms with Gasteiger partial charge in [0.2, 0.25) is 12.4 Å². The molecule has 3 aromatic heterocycles. The number of rotatable bonds is 6. The highest BCUT2D eigenvalue weighted by Gasteiger charge is 2.14. The first-order valence-electron chi connectivity index (χ1n) is 18.4. The maximum absolute atomic E-state index is 10.4. The lowest BCUT2D eigenvalue weighted by atomic mass is 9.93. The van der Waals surface area contributed by atoms with Gasteiger partial charge in [0.05, 0.1) is 16.0 Å². The van der Waals surface area contributed by atoms with E-state index in [0.717, 1.165) is 35.3 Å². The van der Waals surface area contributed by atoms with Gasteiger partial charge in [-0.3, -0.25) is 20.2 Å². The maximum Gasteiger partial charge on any atom is 1.00 e. The molecule has 11 heteroatoms. The number of benzene rings is 3. The van der Waals surface area contributed by atoms with Crippen molar-refractivity contribution in [1.82, 2.24) is 19.9 Å². The molecule has 296 valence electrons. The van der Waals surface area contributed by atoms with E-state index in [0.29, 0.717) is 6.54 Å². The maximum atomic E-state index is 10.4. The fourth-order valence-electron chi connectivity index (χ4n) is 6.96. The highest BCUT2D eigenvalue weighted by atomic mass is 16.6. The molecule has 3 aromatic carbocycles. The Kier molecular flexibility index (Phi) is 14.8. The summed E-state index contributed by atoms with van der Waals surface area (Å²) in [5, 5.41) is 23.8. The molecule has 0 aliphatic carbocycles. The van der Waals surface area contributed by atoms with E-state index in [2.05, 4.69) is 110 Å². The Morgan fingerprint density at radius 3 is 1.58 bits per heavy atom. The van der Waals surface area contributed by atoms with E-state index in [1.807, 2.05) is 12.4 Å². The molecule has 0 unspecified atom stereocenters. The van der Waals surface area contributed by atoms with Crippen molar-refractivity contribution in [3.8, 4) is 0 Å². The van der Waals surface area contributed by atoms with E-state index < -0.39 is 9.85 Å². The Morgan fingerprint density at radius 1 is 0.636 bits per heavy atom. The molecule has 0 bridgehead atoms. The fraction of sp³-hybridized carbons (Fsp3) is 0.364. The first-order chi connectivity index (χ1) is 25.8. The summed E-state index contributed by atoms with van der Waals surface area (Å²) in [6, 6.07) is 2.16. The van der Waals surface area contributed by atoms with Crippen LogP contribution in [0.5, 0.6) is 0 Å². The van der Waals surface area contributed by atoms with Crippen LogP contribution in [0.1, 0.15) is 80.7 Å². The van der Waals surface area contributed by atoms with Crippen LogP contribution in [-0.2, 0) is 6.42 Å². The summed E-state index contributed by atoms with van der Waals surface area (Å²) in [4.78, 5) is 30.6. The molecule has 11 nitrogen and oxygen atoms in total. The number of aromatic amines is 3. The monoisotopic (exact) mass is 752 g/mol. The molecule has 0 saturated carbocycles. The summed E-state index contributed by atoms with van der Waals surface area (Å²) in [6.07, 6.45) is 11.7. The Balaban J connectivity index is 0.000000388. The molecule has 55 heavy (non-hydrogen) atoms. The lowest BCUT2D eigenvalue weighted by Crippen LogP contribution is -2.02. The second-order valence-electron chi connectivity index (χ2n) is 14.5. The lowest BCUT2D eigenvalue weighted by Gasteiger charge is -2.12. The standard InChI is InChI=1S/C14H16N2O2.C14H20N2.C12H15N.C4H8N2O2.H2/c1-8-9(2)11(4)14-13(10(8)3)12(7-15-14)5-6-16(17)18;1-8-9(2)11(4)14-13(10(8)3)12(5-6-15)7-16-14;1-7-8(2)10(4)12-11(9(7)3)5-6-13-12;1-5(2)3-4-6(7)8;/h5-7,15H,1-4H3;7,16H,5-6,15H2,1-4H3;5-6,13H,1-4H3;3-4H,1-2H3;1H/p+1/b6-5+;;;4-3+;. The second kappa shape index (κ2) is 18.6. The van der Waals surface area contributed by atoms with Crippen LogP contribution in [0.15, 0.2) is 43.3 Å². The zero-order chi connectivity index (χ0) is 41.5. The summed E-state index contributed by atoms with van der Waals surface area (Å²) >= 11 is 0. The topological polar surface area (TPSA) is 163 Å². The van der Waals surface area contributed by atoms with Gasteiger partial charge in [0.25, 0.3) is 0 Å². The number of hydrogen-bond donors (Lipinski definition) is 4. The van der Waals surface area contributed by atoms with Gasteiger partial charge in [-0.05, 0) is 174 Å². The van der Waals surface area contributed by atoms with Crippen LogP contribution >= 0.6 is 0 Å². The molecule has 0 atom stereocenters. The molecule has 0 radical (unpaired) electrons. The summed E-state index contributed by atoms with van der Waals surface area (Å²) in [7, 11) is 3.44. The van der Waals surface area contributed by atoms with Gasteiger partial charge in [0.1, 0.15) is 0 Å². The number of hydrogen-bond acceptors (Lipinski definition) is 6. The van der Waals surface area contributed by atoms with E-state index >= 15 is 0 Å². The number of aryl methyl sites for hydroxylation is 6. The molecule has 0 aliphatic heterocycles. The number of nitrogens with two attached hydrogens (primary N) is 1. The lowest BCUT2D eigenvalue weighted by molar-refractivity contribution is -0.403. The minimum Gasteiger partial charge on any atom is -0.379 e. The van der Waals surface area contributed by atoms with Gasteiger partial charge < -0.3 is 25.6 Å².